The van der Waals surface area contributed by atoms with Crippen molar-refractivity contribution in [1.29, 1.82) is 0 Å². The normalized spacial score (nSPS) is 16.5. The lowest BCUT2D eigenvalue weighted by atomic mass is 10.0. The Hall–Kier alpha value is -0.970. The van der Waals surface area contributed by atoms with Crippen molar-refractivity contribution in [3.05, 3.63) is 0 Å². The summed E-state index contributed by atoms with van der Waals surface area (Å²) < 4.78 is 5.15. The van der Waals surface area contributed by atoms with Gasteiger partial charge in [0.15, 0.2) is 0 Å². The van der Waals surface area contributed by atoms with Crippen molar-refractivity contribution in [2.24, 2.45) is 0 Å². The van der Waals surface area contributed by atoms with Gasteiger partial charge in [-0.15, -0.1) is 0 Å². The first kappa shape index (κ1) is 15.1. The first-order valence-electron chi connectivity index (χ1n) is 6.40. The summed E-state index contributed by atoms with van der Waals surface area (Å²) in [6.45, 7) is 3.77. The van der Waals surface area contributed by atoms with E-state index in [1.807, 2.05) is 0 Å². The van der Waals surface area contributed by atoms with Crippen molar-refractivity contribution in [3.8, 4) is 0 Å². The summed E-state index contributed by atoms with van der Waals surface area (Å²) in [6, 6.07) is 0.120. The SMILES string of the molecule is CCCCOC(=O)N1CCC(N(C)C(=O)Cl)CC1. The van der Waals surface area contributed by atoms with Gasteiger partial charge < -0.3 is 14.5 Å². The van der Waals surface area contributed by atoms with Crippen molar-refractivity contribution in [2.45, 2.75) is 38.6 Å². The number of amides is 2. The number of ether oxygens (including phenoxy) is 1. The minimum atomic E-state index is -0.445. The highest BCUT2D eigenvalue weighted by Crippen LogP contribution is 2.17. The molecule has 6 heteroatoms. The molecule has 5 nitrogen and oxygen atoms in total. The number of carbonyl (C=O) groups is 2. The molecule has 0 saturated carbocycles. The average molecular weight is 277 g/mol. The van der Waals surface area contributed by atoms with Gasteiger partial charge in [-0.25, -0.2) is 4.79 Å². The van der Waals surface area contributed by atoms with E-state index < -0.39 is 5.37 Å². The van der Waals surface area contributed by atoms with Crippen LogP contribution in [0.25, 0.3) is 0 Å². The van der Waals surface area contributed by atoms with E-state index in [4.69, 9.17) is 16.3 Å². The molecule has 1 rings (SSSR count). The van der Waals surface area contributed by atoms with Crippen molar-refractivity contribution in [2.75, 3.05) is 26.7 Å². The zero-order chi connectivity index (χ0) is 13.5. The Labute approximate surface area is 113 Å². The number of carbonyl (C=O) groups excluding carboxylic acids is 2. The number of likely N-dealkylation sites (tertiary alicyclic amines) is 1. The molecule has 0 aliphatic carbocycles. The summed E-state index contributed by atoms with van der Waals surface area (Å²) in [5.74, 6) is 0. The third kappa shape index (κ3) is 4.37. The van der Waals surface area contributed by atoms with Crippen molar-refractivity contribution >= 4 is 23.1 Å². The zero-order valence-corrected chi connectivity index (χ0v) is 11.8. The van der Waals surface area contributed by atoms with Gasteiger partial charge in [-0.3, -0.25) is 4.79 Å². The van der Waals surface area contributed by atoms with Gasteiger partial charge in [-0.1, -0.05) is 13.3 Å². The Kier molecular flexibility index (Phi) is 6.25. The largest absolute Gasteiger partial charge is 0.449 e. The lowest BCUT2D eigenvalue weighted by Gasteiger charge is -2.35. The van der Waals surface area contributed by atoms with Crippen molar-refractivity contribution < 1.29 is 14.3 Å². The second-order valence-electron chi connectivity index (χ2n) is 4.55. The second-order valence-corrected chi connectivity index (χ2v) is 4.87. The molecule has 0 spiro atoms. The molecular weight excluding hydrogens is 256 g/mol. The van der Waals surface area contributed by atoms with Gasteiger partial charge in [-0.05, 0) is 30.9 Å². The molecule has 1 saturated heterocycles. The maximum Gasteiger partial charge on any atom is 0.409 e. The molecule has 1 aliphatic rings. The van der Waals surface area contributed by atoms with E-state index in [0.717, 1.165) is 25.7 Å². The second kappa shape index (κ2) is 7.46. The smallest absolute Gasteiger partial charge is 0.409 e. The minimum absolute atomic E-state index is 0.120. The van der Waals surface area contributed by atoms with Crippen LogP contribution in [-0.4, -0.2) is 54.0 Å². The summed E-state index contributed by atoms with van der Waals surface area (Å²) in [6.07, 6.45) is 3.15. The van der Waals surface area contributed by atoms with Crippen LogP contribution in [0.1, 0.15) is 32.6 Å². The monoisotopic (exact) mass is 276 g/mol. The van der Waals surface area contributed by atoms with Gasteiger partial charge in [0.25, 0.3) is 0 Å². The maximum absolute atomic E-state index is 11.7. The third-order valence-corrected chi connectivity index (χ3v) is 3.54. The molecule has 0 aromatic heterocycles. The number of rotatable bonds is 4. The fraction of sp³-hybridized carbons (Fsp3) is 0.833. The summed E-state index contributed by atoms with van der Waals surface area (Å²) in [4.78, 5) is 25.9. The van der Waals surface area contributed by atoms with Gasteiger partial charge in [0.2, 0.25) is 0 Å². The highest BCUT2D eigenvalue weighted by Gasteiger charge is 2.27. The number of piperidine rings is 1. The van der Waals surface area contributed by atoms with Crippen molar-refractivity contribution in [1.82, 2.24) is 9.80 Å². The molecule has 0 atom stereocenters. The number of nitrogens with zero attached hydrogens (tertiary/aromatic N) is 2. The molecule has 0 aromatic rings. The number of unbranched alkanes of at least 4 members (excludes halogenated alkanes) is 1. The molecule has 18 heavy (non-hydrogen) atoms. The van der Waals surface area contributed by atoms with Gasteiger partial charge >= 0.3 is 11.5 Å². The minimum Gasteiger partial charge on any atom is -0.449 e. The van der Waals surface area contributed by atoms with E-state index in [2.05, 4.69) is 6.92 Å². The molecule has 2 amide bonds. The summed E-state index contributed by atoms with van der Waals surface area (Å²) in [5, 5.41) is -0.445. The van der Waals surface area contributed by atoms with Crippen LogP contribution in [0.5, 0.6) is 0 Å². The molecule has 0 unspecified atom stereocenters. The fourth-order valence-corrected chi connectivity index (χ4v) is 2.11. The molecular formula is C12H21ClN2O3. The van der Waals surface area contributed by atoms with Crippen LogP contribution in [0.4, 0.5) is 9.59 Å². The molecule has 0 bridgehead atoms. The Bertz CT molecular complexity index is 291. The van der Waals surface area contributed by atoms with Gasteiger partial charge in [0, 0.05) is 26.2 Å². The Morgan fingerprint density at radius 3 is 2.50 bits per heavy atom. The molecule has 0 N–H and O–H groups in total. The summed E-state index contributed by atoms with van der Waals surface area (Å²) in [5.41, 5.74) is 0. The van der Waals surface area contributed by atoms with E-state index in [0.29, 0.717) is 19.7 Å². The zero-order valence-electron chi connectivity index (χ0n) is 11.0. The van der Waals surface area contributed by atoms with Crippen LogP contribution in [0.2, 0.25) is 0 Å². The molecule has 0 radical (unpaired) electrons. The lowest BCUT2D eigenvalue weighted by Crippen LogP contribution is -2.46. The standard InChI is InChI=1S/C12H21ClN2O3/c1-3-4-9-18-12(17)15-7-5-10(6-8-15)14(2)11(13)16/h10H,3-9H2,1-2H3. The summed E-state index contributed by atoms with van der Waals surface area (Å²) in [7, 11) is 1.69. The van der Waals surface area contributed by atoms with Gasteiger partial charge in [0.05, 0.1) is 6.61 Å². The van der Waals surface area contributed by atoms with E-state index >= 15 is 0 Å². The van der Waals surface area contributed by atoms with E-state index in [9.17, 15) is 9.59 Å². The van der Waals surface area contributed by atoms with Crippen LogP contribution in [0, 0.1) is 0 Å². The first-order valence-corrected chi connectivity index (χ1v) is 6.78. The number of hydrogen-bond acceptors (Lipinski definition) is 3. The topological polar surface area (TPSA) is 49.9 Å². The highest BCUT2D eigenvalue weighted by molar-refractivity contribution is 6.62. The van der Waals surface area contributed by atoms with Crippen LogP contribution in [0.3, 0.4) is 0 Å². The molecule has 1 fully saturated rings. The predicted octanol–water partition coefficient (Wildman–Crippen LogP) is 2.68. The van der Waals surface area contributed by atoms with Crippen LogP contribution in [0.15, 0.2) is 0 Å². The third-order valence-electron chi connectivity index (χ3n) is 3.27. The van der Waals surface area contributed by atoms with Crippen LogP contribution >= 0.6 is 11.6 Å². The number of halogens is 1. The first-order chi connectivity index (χ1) is 8.56. The Morgan fingerprint density at radius 1 is 1.39 bits per heavy atom. The van der Waals surface area contributed by atoms with E-state index in [1.54, 1.807) is 11.9 Å². The summed E-state index contributed by atoms with van der Waals surface area (Å²) >= 11 is 5.43. The predicted molar refractivity (Wildman–Crippen MR) is 69.9 cm³/mol. The Morgan fingerprint density at radius 2 is 2.00 bits per heavy atom. The van der Waals surface area contributed by atoms with Gasteiger partial charge in [-0.2, -0.15) is 0 Å². The molecule has 1 heterocycles. The Balaban J connectivity index is 2.30. The lowest BCUT2D eigenvalue weighted by molar-refractivity contribution is 0.0825. The molecule has 104 valence electrons. The van der Waals surface area contributed by atoms with E-state index in [-0.39, 0.29) is 12.1 Å². The average Bonchev–Trinajstić information content (AvgIpc) is 2.38. The number of hydrogen-bond donors (Lipinski definition) is 0. The molecule has 0 aromatic carbocycles. The fourth-order valence-electron chi connectivity index (χ4n) is 1.97. The van der Waals surface area contributed by atoms with Crippen molar-refractivity contribution in [3.63, 3.8) is 0 Å². The maximum atomic E-state index is 11.7. The highest BCUT2D eigenvalue weighted by atomic mass is 35.5. The quantitative estimate of drug-likeness (QED) is 0.451. The van der Waals surface area contributed by atoms with E-state index in [1.165, 1.54) is 4.90 Å². The molecule has 1 aliphatic heterocycles. The van der Waals surface area contributed by atoms with Crippen LogP contribution in [-0.2, 0) is 4.74 Å². The van der Waals surface area contributed by atoms with Gasteiger partial charge in [0.1, 0.15) is 0 Å². The van der Waals surface area contributed by atoms with Crippen LogP contribution < -0.4 is 0 Å².